The third kappa shape index (κ3) is 2.85. The summed E-state index contributed by atoms with van der Waals surface area (Å²) in [5, 5.41) is 0. The Kier molecular flexibility index (Phi) is 4.33. The molecule has 0 bridgehead atoms. The Hall–Kier alpha value is -1.25. The van der Waals surface area contributed by atoms with Gasteiger partial charge in [0.1, 0.15) is 11.6 Å². The lowest BCUT2D eigenvalue weighted by molar-refractivity contribution is 0.341. The van der Waals surface area contributed by atoms with Gasteiger partial charge in [-0.2, -0.15) is 0 Å². The smallest absolute Gasteiger partial charge is 0.127 e. The van der Waals surface area contributed by atoms with Gasteiger partial charge in [-0.05, 0) is 18.8 Å². The molecule has 0 amide bonds. The van der Waals surface area contributed by atoms with E-state index in [2.05, 4.69) is 31.9 Å². The summed E-state index contributed by atoms with van der Waals surface area (Å²) in [6.45, 7) is 11.3. The molecule has 0 aliphatic heterocycles. The molecule has 2 unspecified atom stereocenters. The van der Waals surface area contributed by atoms with E-state index in [1.165, 1.54) is 25.7 Å². The molecule has 19 heavy (non-hydrogen) atoms. The van der Waals surface area contributed by atoms with Crippen molar-refractivity contribution < 1.29 is 0 Å². The monoisotopic (exact) mass is 261 g/mol. The van der Waals surface area contributed by atoms with Crippen molar-refractivity contribution in [3.63, 3.8) is 0 Å². The van der Waals surface area contributed by atoms with Gasteiger partial charge >= 0.3 is 0 Å². The van der Waals surface area contributed by atoms with Gasteiger partial charge in [-0.15, -0.1) is 6.58 Å². The molecule has 106 valence electrons. The quantitative estimate of drug-likeness (QED) is 0.830. The largest absolute Gasteiger partial charge is 0.384 e. The number of hydrogen-bond acceptors (Lipinski definition) is 2. The maximum Gasteiger partial charge on any atom is 0.127 e. The second kappa shape index (κ2) is 5.81. The highest BCUT2D eigenvalue weighted by Crippen LogP contribution is 2.38. The molecule has 1 aliphatic carbocycles. The van der Waals surface area contributed by atoms with Gasteiger partial charge in [-0.25, -0.2) is 4.98 Å². The van der Waals surface area contributed by atoms with Crippen LogP contribution in [0.25, 0.3) is 0 Å². The first kappa shape index (κ1) is 14.2. The molecule has 1 fully saturated rings. The van der Waals surface area contributed by atoms with Crippen molar-refractivity contribution in [1.82, 2.24) is 9.55 Å². The molecule has 1 aliphatic rings. The molecule has 0 spiro atoms. The van der Waals surface area contributed by atoms with Crippen LogP contribution in [-0.4, -0.2) is 9.55 Å². The van der Waals surface area contributed by atoms with E-state index in [9.17, 15) is 0 Å². The van der Waals surface area contributed by atoms with Crippen molar-refractivity contribution in [1.29, 1.82) is 0 Å². The molecular weight excluding hydrogens is 234 g/mol. The van der Waals surface area contributed by atoms with E-state index in [0.717, 1.165) is 29.8 Å². The third-order valence-corrected chi connectivity index (χ3v) is 4.22. The number of allylic oxidation sites excluding steroid dienone is 1. The standard InChI is InChI=1S/C16H27N3/c1-5-9-19-15(17)14(18-16(19)11(2)3)13-8-6-7-12(4)10-13/h5,11-13H,1,6-10,17H2,2-4H3. The molecular formula is C16H27N3. The minimum Gasteiger partial charge on any atom is -0.384 e. The molecule has 2 N–H and O–H groups in total. The van der Waals surface area contributed by atoms with Gasteiger partial charge in [-0.3, -0.25) is 0 Å². The average molecular weight is 261 g/mol. The zero-order valence-corrected chi connectivity index (χ0v) is 12.5. The molecule has 2 rings (SSSR count). The molecule has 3 heteroatoms. The van der Waals surface area contributed by atoms with Gasteiger partial charge in [0.05, 0.1) is 5.69 Å². The van der Waals surface area contributed by atoms with Crippen molar-refractivity contribution in [2.24, 2.45) is 5.92 Å². The fourth-order valence-corrected chi connectivity index (χ4v) is 3.25. The second-order valence-electron chi connectivity index (χ2n) is 6.26. The Morgan fingerprint density at radius 3 is 2.79 bits per heavy atom. The Morgan fingerprint density at radius 2 is 2.21 bits per heavy atom. The van der Waals surface area contributed by atoms with Gasteiger partial charge in [0.15, 0.2) is 0 Å². The first-order valence-electron chi connectivity index (χ1n) is 7.51. The Bertz CT molecular complexity index is 445. The highest BCUT2D eigenvalue weighted by molar-refractivity contribution is 5.42. The first-order valence-corrected chi connectivity index (χ1v) is 7.51. The molecule has 1 heterocycles. The van der Waals surface area contributed by atoms with Gasteiger partial charge in [-0.1, -0.05) is 39.7 Å². The lowest BCUT2D eigenvalue weighted by Gasteiger charge is -2.25. The summed E-state index contributed by atoms with van der Waals surface area (Å²) in [6.07, 6.45) is 7.01. The van der Waals surface area contributed by atoms with E-state index in [4.69, 9.17) is 10.7 Å². The summed E-state index contributed by atoms with van der Waals surface area (Å²) >= 11 is 0. The highest BCUT2D eigenvalue weighted by atomic mass is 15.1. The normalized spacial score (nSPS) is 23.8. The van der Waals surface area contributed by atoms with E-state index >= 15 is 0 Å². The molecule has 1 aromatic heterocycles. The Labute approximate surface area is 116 Å². The SMILES string of the molecule is C=CCn1c(C(C)C)nc(C2CCCC(C)C2)c1N. The zero-order chi connectivity index (χ0) is 14.0. The minimum absolute atomic E-state index is 0.400. The van der Waals surface area contributed by atoms with E-state index < -0.39 is 0 Å². The van der Waals surface area contributed by atoms with E-state index in [-0.39, 0.29) is 0 Å². The van der Waals surface area contributed by atoms with Crippen LogP contribution in [0.2, 0.25) is 0 Å². The summed E-state index contributed by atoms with van der Waals surface area (Å²) < 4.78 is 2.13. The van der Waals surface area contributed by atoms with Crippen LogP contribution >= 0.6 is 0 Å². The first-order chi connectivity index (χ1) is 9.04. The van der Waals surface area contributed by atoms with Crippen LogP contribution in [0.5, 0.6) is 0 Å². The number of aromatic nitrogens is 2. The molecule has 0 aromatic carbocycles. The number of imidazole rings is 1. The fourth-order valence-electron chi connectivity index (χ4n) is 3.25. The summed E-state index contributed by atoms with van der Waals surface area (Å²) in [7, 11) is 0. The van der Waals surface area contributed by atoms with Crippen LogP contribution in [0.1, 0.15) is 69.8 Å². The van der Waals surface area contributed by atoms with E-state index in [1.54, 1.807) is 0 Å². The zero-order valence-electron chi connectivity index (χ0n) is 12.5. The molecule has 0 radical (unpaired) electrons. The molecule has 3 nitrogen and oxygen atoms in total. The van der Waals surface area contributed by atoms with Crippen LogP contribution in [0.15, 0.2) is 12.7 Å². The van der Waals surface area contributed by atoms with Gasteiger partial charge < -0.3 is 10.3 Å². The summed E-state index contributed by atoms with van der Waals surface area (Å²) in [5.41, 5.74) is 7.49. The molecule has 1 saturated carbocycles. The van der Waals surface area contributed by atoms with E-state index in [1.807, 2.05) is 6.08 Å². The van der Waals surface area contributed by atoms with Crippen LogP contribution in [0, 0.1) is 5.92 Å². The Morgan fingerprint density at radius 1 is 1.47 bits per heavy atom. The van der Waals surface area contributed by atoms with Crippen molar-refractivity contribution >= 4 is 5.82 Å². The topological polar surface area (TPSA) is 43.8 Å². The number of anilines is 1. The molecule has 0 saturated heterocycles. The summed E-state index contributed by atoms with van der Waals surface area (Å²) in [4.78, 5) is 4.88. The highest BCUT2D eigenvalue weighted by Gasteiger charge is 2.27. The van der Waals surface area contributed by atoms with Crippen molar-refractivity contribution in [2.75, 3.05) is 5.73 Å². The van der Waals surface area contributed by atoms with Gasteiger partial charge in [0, 0.05) is 18.4 Å². The van der Waals surface area contributed by atoms with Crippen molar-refractivity contribution in [3.05, 3.63) is 24.2 Å². The Balaban J connectivity index is 2.34. The van der Waals surface area contributed by atoms with Crippen LogP contribution in [-0.2, 0) is 6.54 Å². The fraction of sp³-hybridized carbons (Fsp3) is 0.688. The maximum absolute atomic E-state index is 6.36. The van der Waals surface area contributed by atoms with Crippen molar-refractivity contribution in [2.45, 2.75) is 64.8 Å². The van der Waals surface area contributed by atoms with E-state index in [0.29, 0.717) is 11.8 Å². The average Bonchev–Trinajstić information content (AvgIpc) is 2.68. The molecule has 2 atom stereocenters. The second-order valence-corrected chi connectivity index (χ2v) is 6.26. The summed E-state index contributed by atoms with van der Waals surface area (Å²) in [6, 6.07) is 0. The predicted octanol–water partition coefficient (Wildman–Crippen LogP) is 4.07. The minimum atomic E-state index is 0.400. The van der Waals surface area contributed by atoms with Gasteiger partial charge in [0.2, 0.25) is 0 Å². The number of nitrogen functional groups attached to an aromatic ring is 1. The lowest BCUT2D eigenvalue weighted by atomic mass is 9.81. The van der Waals surface area contributed by atoms with Crippen LogP contribution in [0.4, 0.5) is 5.82 Å². The van der Waals surface area contributed by atoms with Crippen molar-refractivity contribution in [3.8, 4) is 0 Å². The maximum atomic E-state index is 6.36. The third-order valence-electron chi connectivity index (χ3n) is 4.22. The number of nitrogens with zero attached hydrogens (tertiary/aromatic N) is 2. The predicted molar refractivity (Wildman–Crippen MR) is 81.3 cm³/mol. The number of hydrogen-bond donors (Lipinski definition) is 1. The van der Waals surface area contributed by atoms with Crippen LogP contribution in [0.3, 0.4) is 0 Å². The van der Waals surface area contributed by atoms with Crippen LogP contribution < -0.4 is 5.73 Å². The molecule has 1 aromatic rings. The number of rotatable bonds is 4. The summed E-state index contributed by atoms with van der Waals surface area (Å²) in [5.74, 6) is 3.71. The van der Waals surface area contributed by atoms with Gasteiger partial charge in [0.25, 0.3) is 0 Å². The lowest BCUT2D eigenvalue weighted by Crippen LogP contribution is -2.14. The number of nitrogens with two attached hydrogens (primary N) is 1.